The minimum atomic E-state index is -0.617. The van der Waals surface area contributed by atoms with E-state index >= 15 is 0 Å². The summed E-state index contributed by atoms with van der Waals surface area (Å²) >= 11 is 7.44. The minimum absolute atomic E-state index is 0.0445. The molecule has 0 aliphatic heterocycles. The van der Waals surface area contributed by atoms with Crippen molar-refractivity contribution in [2.75, 3.05) is 5.32 Å². The number of benzene rings is 3. The largest absolute Gasteiger partial charge is 0.332 e. The zero-order chi connectivity index (χ0) is 24.7. The number of aromatic nitrogens is 2. The summed E-state index contributed by atoms with van der Waals surface area (Å²) in [5, 5.41) is 4.05. The summed E-state index contributed by atoms with van der Waals surface area (Å²) in [7, 11) is 0. The van der Waals surface area contributed by atoms with E-state index in [2.05, 4.69) is 5.32 Å². The van der Waals surface area contributed by atoms with Gasteiger partial charge in [0.05, 0.1) is 12.1 Å². The Bertz CT molecular complexity index is 1720. The molecule has 0 bridgehead atoms. The first-order chi connectivity index (χ1) is 16.8. The quantitative estimate of drug-likeness (QED) is 0.357. The molecule has 1 amide bonds. The summed E-state index contributed by atoms with van der Waals surface area (Å²) in [6, 6.07) is 18.1. The highest BCUT2D eigenvalue weighted by Crippen LogP contribution is 2.31. The van der Waals surface area contributed by atoms with E-state index in [1.165, 1.54) is 40.2 Å². The molecule has 0 fully saturated rings. The molecule has 0 saturated carbocycles. The van der Waals surface area contributed by atoms with E-state index < -0.39 is 23.0 Å². The molecule has 176 valence electrons. The van der Waals surface area contributed by atoms with E-state index in [1.807, 2.05) is 24.3 Å². The molecule has 5 aromatic rings. The van der Waals surface area contributed by atoms with Crippen LogP contribution in [0.25, 0.3) is 20.3 Å². The third-order valence-electron chi connectivity index (χ3n) is 5.84. The normalized spacial score (nSPS) is 11.3. The lowest BCUT2D eigenvalue weighted by molar-refractivity contribution is -0.116. The van der Waals surface area contributed by atoms with Crippen LogP contribution in [-0.2, 0) is 17.9 Å². The maximum atomic E-state index is 13.6. The highest BCUT2D eigenvalue weighted by molar-refractivity contribution is 7.25. The molecule has 0 aliphatic rings. The van der Waals surface area contributed by atoms with Gasteiger partial charge in [-0.1, -0.05) is 48.0 Å². The van der Waals surface area contributed by atoms with Crippen molar-refractivity contribution in [1.29, 1.82) is 0 Å². The van der Waals surface area contributed by atoms with Gasteiger partial charge in [0.15, 0.2) is 0 Å². The molecule has 9 heteroatoms. The summed E-state index contributed by atoms with van der Waals surface area (Å²) in [5.41, 5.74) is 1.21. The number of carbonyl (C=O) groups is 1. The molecular weight excluding hydrogens is 489 g/mol. The number of fused-ring (bicyclic) bond motifs is 3. The maximum Gasteiger partial charge on any atom is 0.332 e. The number of carbonyl (C=O) groups excluding carboxylic acids is 1. The number of hydrogen-bond acceptors (Lipinski definition) is 4. The topological polar surface area (TPSA) is 73.1 Å². The summed E-state index contributed by atoms with van der Waals surface area (Å²) in [6.45, 7) is 1.44. The molecule has 0 spiro atoms. The third kappa shape index (κ3) is 4.26. The highest BCUT2D eigenvalue weighted by atomic mass is 35.5. The Labute approximate surface area is 207 Å². The Morgan fingerprint density at radius 1 is 1.00 bits per heavy atom. The number of amides is 1. The van der Waals surface area contributed by atoms with Crippen molar-refractivity contribution < 1.29 is 9.18 Å². The molecule has 5 rings (SSSR count). The van der Waals surface area contributed by atoms with Crippen LogP contribution in [0.2, 0.25) is 5.02 Å². The smallest absolute Gasteiger partial charge is 0.324 e. The number of rotatable bonds is 5. The fourth-order valence-corrected chi connectivity index (χ4v) is 5.36. The molecule has 6 nitrogen and oxygen atoms in total. The van der Waals surface area contributed by atoms with E-state index in [9.17, 15) is 18.8 Å². The zero-order valence-electron chi connectivity index (χ0n) is 18.5. The van der Waals surface area contributed by atoms with Gasteiger partial charge in [0.1, 0.15) is 17.1 Å². The Balaban J connectivity index is 1.65. The SMILES string of the molecule is Cc1c(Cl)cccc1NC(=O)Cn1c(=O)n(Cc2ccc(F)cc2)c(=O)c2sc3ccccc3c21. The van der Waals surface area contributed by atoms with Crippen LogP contribution < -0.4 is 16.6 Å². The highest BCUT2D eigenvalue weighted by Gasteiger charge is 2.20. The van der Waals surface area contributed by atoms with Gasteiger partial charge in [0, 0.05) is 20.8 Å². The van der Waals surface area contributed by atoms with Crippen molar-refractivity contribution in [3.05, 3.63) is 110 Å². The van der Waals surface area contributed by atoms with Crippen molar-refractivity contribution in [1.82, 2.24) is 9.13 Å². The van der Waals surface area contributed by atoms with Crippen molar-refractivity contribution in [2.45, 2.75) is 20.0 Å². The Morgan fingerprint density at radius 3 is 2.51 bits per heavy atom. The van der Waals surface area contributed by atoms with E-state index in [1.54, 1.807) is 25.1 Å². The molecule has 0 atom stereocenters. The average Bonchev–Trinajstić information content (AvgIpc) is 3.23. The van der Waals surface area contributed by atoms with Gasteiger partial charge in [-0.05, 0) is 48.4 Å². The van der Waals surface area contributed by atoms with Gasteiger partial charge in [0.25, 0.3) is 5.56 Å². The van der Waals surface area contributed by atoms with Crippen molar-refractivity contribution >= 4 is 54.8 Å². The molecule has 0 saturated heterocycles. The van der Waals surface area contributed by atoms with Gasteiger partial charge >= 0.3 is 5.69 Å². The average molecular weight is 508 g/mol. The minimum Gasteiger partial charge on any atom is -0.324 e. The van der Waals surface area contributed by atoms with Crippen molar-refractivity contribution in [3.8, 4) is 0 Å². The van der Waals surface area contributed by atoms with Crippen LogP contribution in [0.1, 0.15) is 11.1 Å². The molecule has 0 unspecified atom stereocenters. The standard InChI is InChI=1S/C26H19ClFN3O3S/c1-15-19(27)6-4-7-20(15)29-22(32)14-30-23-18-5-2-3-8-21(18)35-24(23)25(33)31(26(30)34)13-16-9-11-17(28)12-10-16/h2-12H,13-14H2,1H3,(H,29,32). The maximum absolute atomic E-state index is 13.6. The van der Waals surface area contributed by atoms with Crippen LogP contribution >= 0.6 is 22.9 Å². The van der Waals surface area contributed by atoms with Crippen LogP contribution in [0, 0.1) is 12.7 Å². The number of halogens is 2. The van der Waals surface area contributed by atoms with Gasteiger partial charge < -0.3 is 5.32 Å². The number of anilines is 1. The molecule has 35 heavy (non-hydrogen) atoms. The molecule has 0 radical (unpaired) electrons. The Kier molecular flexibility index (Phi) is 6.00. The third-order valence-corrected chi connectivity index (χ3v) is 7.40. The molecule has 0 aliphatic carbocycles. The Hall–Kier alpha value is -3.75. The van der Waals surface area contributed by atoms with Crippen LogP contribution in [0.5, 0.6) is 0 Å². The van der Waals surface area contributed by atoms with Crippen LogP contribution in [0.15, 0.2) is 76.3 Å². The summed E-state index contributed by atoms with van der Waals surface area (Å²) in [5.74, 6) is -0.840. The number of hydrogen-bond donors (Lipinski definition) is 1. The monoisotopic (exact) mass is 507 g/mol. The molecular formula is C26H19ClFN3O3S. The lowest BCUT2D eigenvalue weighted by Crippen LogP contribution is -2.41. The molecule has 2 aromatic heterocycles. The predicted molar refractivity (Wildman–Crippen MR) is 138 cm³/mol. The second-order valence-electron chi connectivity index (χ2n) is 8.12. The first-order valence-corrected chi connectivity index (χ1v) is 12.0. The zero-order valence-corrected chi connectivity index (χ0v) is 20.1. The van der Waals surface area contributed by atoms with E-state index in [0.29, 0.717) is 32.1 Å². The van der Waals surface area contributed by atoms with Gasteiger partial charge in [-0.3, -0.25) is 18.7 Å². The van der Waals surface area contributed by atoms with E-state index in [-0.39, 0.29) is 13.1 Å². The number of nitrogens with one attached hydrogen (secondary N) is 1. The van der Waals surface area contributed by atoms with Crippen molar-refractivity contribution in [3.63, 3.8) is 0 Å². The number of nitrogens with zero attached hydrogens (tertiary/aromatic N) is 2. The second-order valence-corrected chi connectivity index (χ2v) is 9.58. The van der Waals surface area contributed by atoms with E-state index in [0.717, 1.165) is 14.7 Å². The lowest BCUT2D eigenvalue weighted by Gasteiger charge is -2.14. The Morgan fingerprint density at radius 2 is 1.74 bits per heavy atom. The summed E-state index contributed by atoms with van der Waals surface area (Å²) in [6.07, 6.45) is 0. The van der Waals surface area contributed by atoms with Crippen LogP contribution in [0.3, 0.4) is 0 Å². The fraction of sp³-hybridized carbons (Fsp3) is 0.115. The van der Waals surface area contributed by atoms with Crippen LogP contribution in [0.4, 0.5) is 10.1 Å². The summed E-state index contributed by atoms with van der Waals surface area (Å²) < 4.78 is 17.0. The first kappa shape index (κ1) is 23.0. The van der Waals surface area contributed by atoms with Crippen LogP contribution in [-0.4, -0.2) is 15.0 Å². The molecule has 3 aromatic carbocycles. The molecule has 2 heterocycles. The second kappa shape index (κ2) is 9.13. The van der Waals surface area contributed by atoms with E-state index in [4.69, 9.17) is 11.6 Å². The molecule has 1 N–H and O–H groups in total. The summed E-state index contributed by atoms with van der Waals surface area (Å²) in [4.78, 5) is 40.0. The van der Waals surface area contributed by atoms with Gasteiger partial charge in [-0.15, -0.1) is 11.3 Å². The number of thiophene rings is 1. The van der Waals surface area contributed by atoms with Gasteiger partial charge in [-0.25, -0.2) is 9.18 Å². The van der Waals surface area contributed by atoms with Gasteiger partial charge in [-0.2, -0.15) is 0 Å². The predicted octanol–water partition coefficient (Wildman–Crippen LogP) is 5.17. The fourth-order valence-electron chi connectivity index (χ4n) is 4.03. The first-order valence-electron chi connectivity index (χ1n) is 10.8. The van der Waals surface area contributed by atoms with Crippen molar-refractivity contribution in [2.24, 2.45) is 0 Å². The lowest BCUT2D eigenvalue weighted by atomic mass is 10.2. The van der Waals surface area contributed by atoms with Gasteiger partial charge in [0.2, 0.25) is 5.91 Å².